The highest BCUT2D eigenvalue weighted by Crippen LogP contribution is 2.42. The van der Waals surface area contributed by atoms with E-state index in [-0.39, 0.29) is 11.1 Å². The van der Waals surface area contributed by atoms with Crippen molar-refractivity contribution in [3.8, 4) is 5.75 Å². The van der Waals surface area contributed by atoms with E-state index in [2.05, 4.69) is 15.8 Å². The Morgan fingerprint density at radius 3 is 2.34 bits per heavy atom. The van der Waals surface area contributed by atoms with Crippen LogP contribution in [0.15, 0.2) is 85.1 Å². The minimum absolute atomic E-state index is 0.267. The molecule has 2 heterocycles. The fourth-order valence-electron chi connectivity index (χ4n) is 4.01. The maximum atomic E-state index is 12.4. The van der Waals surface area contributed by atoms with Gasteiger partial charge in [-0.3, -0.25) is 14.9 Å². The van der Waals surface area contributed by atoms with Crippen LogP contribution in [-0.4, -0.2) is 21.6 Å². The summed E-state index contributed by atoms with van der Waals surface area (Å²) in [5, 5.41) is 2.57. The van der Waals surface area contributed by atoms with Crippen molar-refractivity contribution in [2.24, 2.45) is 0 Å². The highest BCUT2D eigenvalue weighted by molar-refractivity contribution is 8.28. The number of nitrogens with one attached hydrogen (secondary N) is 1. The van der Waals surface area contributed by atoms with Crippen LogP contribution in [0.4, 0.5) is 4.79 Å². The highest BCUT2D eigenvalue weighted by atomic mass is 32.2. The zero-order chi connectivity index (χ0) is 22.1. The van der Waals surface area contributed by atoms with E-state index < -0.39 is 15.7 Å². The number of amides is 2. The predicted octanol–water partition coefficient (Wildman–Crippen LogP) is 5.26. The van der Waals surface area contributed by atoms with Gasteiger partial charge in [-0.25, -0.2) is 0 Å². The van der Waals surface area contributed by atoms with Crippen molar-refractivity contribution in [2.45, 2.75) is 18.4 Å². The van der Waals surface area contributed by atoms with Crippen LogP contribution in [0.3, 0.4) is 0 Å². The molecule has 5 nitrogen and oxygen atoms in total. The van der Waals surface area contributed by atoms with E-state index in [0.717, 1.165) is 33.3 Å². The number of imide groups is 1. The van der Waals surface area contributed by atoms with Gasteiger partial charge in [0.25, 0.3) is 5.24 Å². The average molecular weight is 443 g/mol. The van der Waals surface area contributed by atoms with Gasteiger partial charge in [-0.15, -0.1) is 0 Å². The van der Waals surface area contributed by atoms with Crippen LogP contribution in [0.1, 0.15) is 21.9 Å². The Labute approximate surface area is 188 Å². The van der Waals surface area contributed by atoms with Crippen LogP contribution in [0.25, 0.3) is 10.9 Å². The third-order valence-electron chi connectivity index (χ3n) is 5.61. The molecule has 5 rings (SSSR count). The lowest BCUT2D eigenvalue weighted by atomic mass is 10.1. The second-order valence-corrected chi connectivity index (χ2v) is 9.43. The summed E-state index contributed by atoms with van der Waals surface area (Å²) in [4.78, 5) is 24.4. The summed E-state index contributed by atoms with van der Waals surface area (Å²) in [5.74, 6) is 4.50. The SMILES string of the molecule is C=S1C(=O)NC(=O)C1c1cn(Cc2ccc(OCc3ccccc3)cc2)c2ccccc12. The van der Waals surface area contributed by atoms with Gasteiger partial charge in [-0.05, 0) is 29.3 Å². The van der Waals surface area contributed by atoms with Crippen molar-refractivity contribution < 1.29 is 14.3 Å². The Bertz CT molecular complexity index is 1330. The van der Waals surface area contributed by atoms with Crippen LogP contribution in [0.5, 0.6) is 5.75 Å². The Morgan fingerprint density at radius 2 is 1.62 bits per heavy atom. The molecule has 32 heavy (non-hydrogen) atoms. The normalized spacial score (nSPS) is 18.1. The molecular formula is C26H22N2O3S. The minimum Gasteiger partial charge on any atom is -0.489 e. The number of nitrogens with zero attached hydrogens (tertiary/aromatic N) is 1. The smallest absolute Gasteiger partial charge is 0.280 e. The molecule has 0 saturated carbocycles. The summed E-state index contributed by atoms with van der Waals surface area (Å²) < 4.78 is 8.01. The molecule has 2 unspecified atom stereocenters. The molecule has 2 amide bonds. The molecule has 1 N–H and O–H groups in total. The summed E-state index contributed by atoms with van der Waals surface area (Å²) in [6.07, 6.45) is 1.98. The molecule has 0 bridgehead atoms. The minimum atomic E-state index is -0.926. The Kier molecular flexibility index (Phi) is 5.37. The predicted molar refractivity (Wildman–Crippen MR) is 129 cm³/mol. The van der Waals surface area contributed by atoms with E-state index >= 15 is 0 Å². The van der Waals surface area contributed by atoms with Gasteiger partial charge < -0.3 is 9.30 Å². The van der Waals surface area contributed by atoms with Gasteiger partial charge in [0.05, 0.1) is 0 Å². The molecule has 1 fully saturated rings. The molecule has 4 aromatic rings. The number of aromatic nitrogens is 1. The fourth-order valence-corrected chi connectivity index (χ4v) is 5.26. The zero-order valence-corrected chi connectivity index (χ0v) is 18.2. The van der Waals surface area contributed by atoms with Crippen LogP contribution < -0.4 is 10.1 Å². The third-order valence-corrected chi connectivity index (χ3v) is 7.23. The van der Waals surface area contributed by atoms with Crippen LogP contribution in [0.2, 0.25) is 0 Å². The second-order valence-electron chi connectivity index (χ2n) is 7.73. The molecule has 1 aliphatic heterocycles. The summed E-state index contributed by atoms with van der Waals surface area (Å²) in [7, 11) is -0.926. The largest absolute Gasteiger partial charge is 0.489 e. The first-order valence-corrected chi connectivity index (χ1v) is 11.8. The monoisotopic (exact) mass is 442 g/mol. The lowest BCUT2D eigenvalue weighted by molar-refractivity contribution is -0.119. The number of para-hydroxylation sites is 1. The van der Waals surface area contributed by atoms with Crippen LogP contribution >= 0.6 is 10.5 Å². The van der Waals surface area contributed by atoms with Gasteiger partial charge >= 0.3 is 0 Å². The summed E-state index contributed by atoms with van der Waals surface area (Å²) in [6, 6.07) is 26.1. The topological polar surface area (TPSA) is 60.3 Å². The molecule has 0 aliphatic carbocycles. The first-order chi connectivity index (χ1) is 15.6. The van der Waals surface area contributed by atoms with Gasteiger partial charge in [0.2, 0.25) is 5.91 Å². The second kappa shape index (κ2) is 8.48. The van der Waals surface area contributed by atoms with E-state index in [1.54, 1.807) is 0 Å². The highest BCUT2D eigenvalue weighted by Gasteiger charge is 2.37. The van der Waals surface area contributed by atoms with Gasteiger partial charge in [0.1, 0.15) is 17.6 Å². The van der Waals surface area contributed by atoms with Crippen molar-refractivity contribution in [3.05, 3.63) is 102 Å². The Morgan fingerprint density at radius 1 is 0.906 bits per heavy atom. The number of fused-ring (bicyclic) bond motifs is 1. The third kappa shape index (κ3) is 3.85. The maximum Gasteiger partial charge on any atom is 0.280 e. The van der Waals surface area contributed by atoms with Gasteiger partial charge in [0.15, 0.2) is 0 Å². The first kappa shape index (κ1) is 20.3. The lowest BCUT2D eigenvalue weighted by Crippen LogP contribution is -2.20. The van der Waals surface area contributed by atoms with Crippen molar-refractivity contribution in [2.75, 3.05) is 0 Å². The Balaban J connectivity index is 1.38. The molecular weight excluding hydrogens is 420 g/mol. The van der Waals surface area contributed by atoms with E-state index in [1.807, 2.05) is 85.1 Å². The molecule has 160 valence electrons. The van der Waals surface area contributed by atoms with Gasteiger partial charge in [0, 0.05) is 29.2 Å². The number of hydrogen-bond donors (Lipinski definition) is 1. The molecule has 1 aliphatic rings. The number of rotatable bonds is 6. The Hall–Kier alpha value is -3.64. The number of carbonyl (C=O) groups is 2. The van der Waals surface area contributed by atoms with Crippen molar-refractivity contribution in [1.29, 1.82) is 0 Å². The summed E-state index contributed by atoms with van der Waals surface area (Å²) >= 11 is 0. The summed E-state index contributed by atoms with van der Waals surface area (Å²) in [6.45, 7) is 1.17. The maximum absolute atomic E-state index is 12.4. The number of benzene rings is 3. The molecule has 1 saturated heterocycles. The average Bonchev–Trinajstić information content (AvgIpc) is 3.29. The molecule has 1 aromatic heterocycles. The quantitative estimate of drug-likeness (QED) is 0.414. The zero-order valence-electron chi connectivity index (χ0n) is 17.4. The van der Waals surface area contributed by atoms with Crippen molar-refractivity contribution in [3.63, 3.8) is 0 Å². The van der Waals surface area contributed by atoms with Crippen LogP contribution in [-0.2, 0) is 17.9 Å². The van der Waals surface area contributed by atoms with Gasteiger partial charge in [-0.2, -0.15) is 0 Å². The number of ether oxygens (including phenoxy) is 1. The molecule has 6 heteroatoms. The van der Waals surface area contributed by atoms with E-state index in [9.17, 15) is 9.59 Å². The van der Waals surface area contributed by atoms with Crippen LogP contribution in [0, 0.1) is 0 Å². The lowest BCUT2D eigenvalue weighted by Gasteiger charge is -2.09. The van der Waals surface area contributed by atoms with E-state index in [1.165, 1.54) is 0 Å². The van der Waals surface area contributed by atoms with Gasteiger partial charge in [-0.1, -0.05) is 77.0 Å². The molecule has 0 spiro atoms. The summed E-state index contributed by atoms with van der Waals surface area (Å²) in [5.41, 5.74) is 4.12. The molecule has 0 radical (unpaired) electrons. The molecule has 3 aromatic carbocycles. The molecule has 2 atom stereocenters. The number of carbonyl (C=O) groups excluding carboxylic acids is 2. The first-order valence-electron chi connectivity index (χ1n) is 10.3. The standard InChI is InChI=1S/C26H22N2O3S/c1-32-24(25(29)27-26(32)30)22-16-28(23-10-6-5-9-21(22)23)15-18-11-13-20(14-12-18)31-17-19-7-3-2-4-8-19/h2-14,16,24H,1,15,17H2,(H,27,29,30). The van der Waals surface area contributed by atoms with Crippen molar-refractivity contribution >= 4 is 38.4 Å². The van der Waals surface area contributed by atoms with E-state index in [4.69, 9.17) is 4.74 Å². The fraction of sp³-hybridized carbons (Fsp3) is 0.115. The van der Waals surface area contributed by atoms with Crippen molar-refractivity contribution in [1.82, 2.24) is 9.88 Å². The number of hydrogen-bond acceptors (Lipinski definition) is 3. The van der Waals surface area contributed by atoms with E-state index in [0.29, 0.717) is 13.2 Å².